The topological polar surface area (TPSA) is 77.2 Å². The predicted molar refractivity (Wildman–Crippen MR) is 82.1 cm³/mol. The minimum absolute atomic E-state index is 0.512. The monoisotopic (exact) mass is 285 g/mol. The van der Waals surface area contributed by atoms with E-state index in [1.807, 2.05) is 13.0 Å². The second kappa shape index (κ2) is 6.05. The van der Waals surface area contributed by atoms with Crippen molar-refractivity contribution in [1.82, 2.24) is 15.0 Å². The van der Waals surface area contributed by atoms with Crippen LogP contribution in [0.15, 0.2) is 24.7 Å². The van der Waals surface area contributed by atoms with Crippen molar-refractivity contribution in [2.24, 2.45) is 0 Å². The molecule has 0 aliphatic carbocycles. The zero-order valence-electron chi connectivity index (χ0n) is 12.1. The van der Waals surface area contributed by atoms with Gasteiger partial charge in [0.05, 0.1) is 12.3 Å². The van der Waals surface area contributed by atoms with Gasteiger partial charge in [-0.2, -0.15) is 0 Å². The van der Waals surface area contributed by atoms with E-state index in [0.29, 0.717) is 5.82 Å². The van der Waals surface area contributed by atoms with Crippen molar-refractivity contribution in [1.29, 1.82) is 0 Å². The van der Waals surface area contributed by atoms with E-state index in [4.69, 9.17) is 10.5 Å². The Balaban J connectivity index is 2.04. The minimum Gasteiger partial charge on any atom is -0.384 e. The molecule has 1 aliphatic heterocycles. The highest BCUT2D eigenvalue weighted by Gasteiger charge is 2.18. The first kappa shape index (κ1) is 13.8. The number of rotatable bonds is 2. The fraction of sp³-hybridized carbons (Fsp3) is 0.400. The summed E-state index contributed by atoms with van der Waals surface area (Å²) in [5, 5.41) is 0. The van der Waals surface area contributed by atoms with Crippen LogP contribution in [0.2, 0.25) is 0 Å². The lowest BCUT2D eigenvalue weighted by Gasteiger charge is -2.24. The van der Waals surface area contributed by atoms with E-state index >= 15 is 0 Å². The summed E-state index contributed by atoms with van der Waals surface area (Å²) in [6.45, 7) is 5.30. The van der Waals surface area contributed by atoms with Crippen LogP contribution < -0.4 is 10.6 Å². The smallest absolute Gasteiger partial charge is 0.140 e. The normalized spacial score (nSPS) is 15.8. The highest BCUT2D eigenvalue weighted by Crippen LogP contribution is 2.31. The average Bonchev–Trinajstić information content (AvgIpc) is 2.77. The molecule has 2 aromatic rings. The lowest BCUT2D eigenvalue weighted by atomic mass is 10.1. The highest BCUT2D eigenvalue weighted by atomic mass is 16.5. The molecule has 21 heavy (non-hydrogen) atoms. The molecule has 1 fully saturated rings. The van der Waals surface area contributed by atoms with Crippen LogP contribution in [0, 0.1) is 6.92 Å². The number of anilines is 2. The van der Waals surface area contributed by atoms with E-state index in [1.54, 1.807) is 18.6 Å². The Labute approximate surface area is 124 Å². The Bertz CT molecular complexity index is 606. The fourth-order valence-corrected chi connectivity index (χ4v) is 2.55. The van der Waals surface area contributed by atoms with E-state index in [-0.39, 0.29) is 0 Å². The molecule has 6 nitrogen and oxygen atoms in total. The highest BCUT2D eigenvalue weighted by molar-refractivity contribution is 5.77. The largest absolute Gasteiger partial charge is 0.384 e. The SMILES string of the molecule is Cc1ncnc(N2CCCOCC2)c1-c1ccc(N)nc1. The van der Waals surface area contributed by atoms with E-state index in [2.05, 4.69) is 19.9 Å². The number of pyridine rings is 1. The summed E-state index contributed by atoms with van der Waals surface area (Å²) in [5.74, 6) is 1.46. The molecule has 0 atom stereocenters. The van der Waals surface area contributed by atoms with E-state index in [1.165, 1.54) is 0 Å². The van der Waals surface area contributed by atoms with Gasteiger partial charge in [-0.15, -0.1) is 0 Å². The Morgan fingerprint density at radius 3 is 2.86 bits per heavy atom. The van der Waals surface area contributed by atoms with Crippen molar-refractivity contribution >= 4 is 11.6 Å². The van der Waals surface area contributed by atoms with E-state index in [0.717, 1.165) is 55.4 Å². The third kappa shape index (κ3) is 2.95. The Morgan fingerprint density at radius 2 is 2.05 bits per heavy atom. The van der Waals surface area contributed by atoms with Gasteiger partial charge in [0.1, 0.15) is 18.0 Å². The molecule has 0 bridgehead atoms. The van der Waals surface area contributed by atoms with Gasteiger partial charge in [0.2, 0.25) is 0 Å². The van der Waals surface area contributed by atoms with Crippen LogP contribution in [0.25, 0.3) is 11.1 Å². The molecule has 3 heterocycles. The number of aryl methyl sites for hydroxylation is 1. The number of nitrogen functional groups attached to an aromatic ring is 1. The summed E-state index contributed by atoms with van der Waals surface area (Å²) < 4.78 is 5.52. The lowest BCUT2D eigenvalue weighted by Crippen LogP contribution is -2.27. The summed E-state index contributed by atoms with van der Waals surface area (Å²) in [6, 6.07) is 3.77. The molecular formula is C15H19N5O. The van der Waals surface area contributed by atoms with Crippen molar-refractivity contribution in [3.05, 3.63) is 30.4 Å². The average molecular weight is 285 g/mol. The molecule has 6 heteroatoms. The summed E-state index contributed by atoms with van der Waals surface area (Å²) in [5.41, 5.74) is 8.63. The maximum absolute atomic E-state index is 5.68. The van der Waals surface area contributed by atoms with Gasteiger partial charge in [0, 0.05) is 37.0 Å². The van der Waals surface area contributed by atoms with Gasteiger partial charge in [0.25, 0.3) is 0 Å². The van der Waals surface area contributed by atoms with Crippen LogP contribution in [-0.4, -0.2) is 41.3 Å². The van der Waals surface area contributed by atoms with Crippen LogP contribution >= 0.6 is 0 Å². The van der Waals surface area contributed by atoms with Gasteiger partial charge >= 0.3 is 0 Å². The molecular weight excluding hydrogens is 266 g/mol. The van der Waals surface area contributed by atoms with Crippen molar-refractivity contribution in [3.8, 4) is 11.1 Å². The molecule has 1 saturated heterocycles. The van der Waals surface area contributed by atoms with Crippen LogP contribution in [-0.2, 0) is 4.74 Å². The molecule has 2 aromatic heterocycles. The zero-order valence-corrected chi connectivity index (χ0v) is 12.1. The van der Waals surface area contributed by atoms with Gasteiger partial charge in [0.15, 0.2) is 0 Å². The number of aromatic nitrogens is 3. The summed E-state index contributed by atoms with van der Waals surface area (Å²) in [7, 11) is 0. The maximum atomic E-state index is 5.68. The Hall–Kier alpha value is -2.21. The Kier molecular flexibility index (Phi) is 3.96. The molecule has 110 valence electrons. The molecule has 0 unspecified atom stereocenters. The second-order valence-electron chi connectivity index (χ2n) is 5.08. The molecule has 3 rings (SSSR count). The number of nitrogens with zero attached hydrogens (tertiary/aromatic N) is 4. The van der Waals surface area contributed by atoms with Gasteiger partial charge in [-0.3, -0.25) is 0 Å². The van der Waals surface area contributed by atoms with Crippen LogP contribution in [0.4, 0.5) is 11.6 Å². The van der Waals surface area contributed by atoms with Gasteiger partial charge < -0.3 is 15.4 Å². The van der Waals surface area contributed by atoms with Gasteiger partial charge in [-0.1, -0.05) is 0 Å². The van der Waals surface area contributed by atoms with Crippen molar-refractivity contribution < 1.29 is 4.74 Å². The number of hydrogen-bond acceptors (Lipinski definition) is 6. The molecule has 2 N–H and O–H groups in total. The van der Waals surface area contributed by atoms with Gasteiger partial charge in [-0.25, -0.2) is 15.0 Å². The zero-order chi connectivity index (χ0) is 14.7. The number of nitrogens with two attached hydrogens (primary N) is 1. The van der Waals surface area contributed by atoms with Crippen LogP contribution in [0.3, 0.4) is 0 Å². The van der Waals surface area contributed by atoms with E-state index < -0.39 is 0 Å². The molecule has 0 aromatic carbocycles. The van der Waals surface area contributed by atoms with Crippen molar-refractivity contribution in [2.75, 3.05) is 36.9 Å². The molecule has 0 radical (unpaired) electrons. The third-order valence-electron chi connectivity index (χ3n) is 3.61. The van der Waals surface area contributed by atoms with Crippen LogP contribution in [0.1, 0.15) is 12.1 Å². The molecule has 0 amide bonds. The summed E-state index contributed by atoms with van der Waals surface area (Å²) in [6.07, 6.45) is 4.39. The van der Waals surface area contributed by atoms with Gasteiger partial charge in [-0.05, 0) is 25.5 Å². The summed E-state index contributed by atoms with van der Waals surface area (Å²) in [4.78, 5) is 15.3. The summed E-state index contributed by atoms with van der Waals surface area (Å²) >= 11 is 0. The van der Waals surface area contributed by atoms with Crippen LogP contribution in [0.5, 0.6) is 0 Å². The first-order chi connectivity index (χ1) is 10.3. The Morgan fingerprint density at radius 1 is 1.14 bits per heavy atom. The quantitative estimate of drug-likeness (QED) is 0.904. The molecule has 0 saturated carbocycles. The van der Waals surface area contributed by atoms with Crippen molar-refractivity contribution in [3.63, 3.8) is 0 Å². The maximum Gasteiger partial charge on any atom is 0.140 e. The lowest BCUT2D eigenvalue weighted by molar-refractivity contribution is 0.152. The van der Waals surface area contributed by atoms with E-state index in [9.17, 15) is 0 Å². The fourth-order valence-electron chi connectivity index (χ4n) is 2.55. The molecule has 1 aliphatic rings. The first-order valence-electron chi connectivity index (χ1n) is 7.12. The van der Waals surface area contributed by atoms with Crippen molar-refractivity contribution in [2.45, 2.75) is 13.3 Å². The first-order valence-corrected chi connectivity index (χ1v) is 7.12. The molecule has 0 spiro atoms. The predicted octanol–water partition coefficient (Wildman–Crippen LogP) is 1.66. The second-order valence-corrected chi connectivity index (χ2v) is 5.08. The minimum atomic E-state index is 0.512. The third-order valence-corrected chi connectivity index (χ3v) is 3.61. The number of hydrogen-bond donors (Lipinski definition) is 1. The number of ether oxygens (including phenoxy) is 1. The standard InChI is InChI=1S/C15H19N5O/c1-11-14(12-3-4-13(16)17-9-12)15(19-10-18-11)20-5-2-7-21-8-6-20/h3-4,9-10H,2,5-8H2,1H3,(H2,16,17).